The molecule has 2 rings (SSSR count). The summed E-state index contributed by atoms with van der Waals surface area (Å²) in [6, 6.07) is 9.19. The Hall–Kier alpha value is -2.33. The Morgan fingerprint density at radius 2 is 1.95 bits per heavy atom. The van der Waals surface area contributed by atoms with Crippen molar-refractivity contribution in [2.24, 2.45) is 0 Å². The van der Waals surface area contributed by atoms with Crippen molar-refractivity contribution >= 4 is 23.5 Å². The first kappa shape index (κ1) is 16.0. The van der Waals surface area contributed by atoms with Crippen LogP contribution in [0.4, 0.5) is 4.39 Å². The average molecular weight is 321 g/mol. The average Bonchev–Trinajstić information content (AvgIpc) is 2.53. The van der Waals surface area contributed by atoms with Crippen LogP contribution in [0.15, 0.2) is 42.5 Å². The molecule has 0 aliphatic carbocycles. The van der Waals surface area contributed by atoms with Crippen molar-refractivity contribution in [3.63, 3.8) is 0 Å². The topological polar surface area (TPSA) is 35.5 Å². The van der Waals surface area contributed by atoms with Crippen LogP contribution in [-0.4, -0.2) is 20.0 Å². The zero-order valence-electron chi connectivity index (χ0n) is 12.1. The van der Waals surface area contributed by atoms with Gasteiger partial charge in [0.05, 0.1) is 24.8 Å². The number of carbonyl (C=O) groups excluding carboxylic acids is 1. The van der Waals surface area contributed by atoms with Crippen molar-refractivity contribution < 1.29 is 18.7 Å². The minimum Gasteiger partial charge on any atom is -0.497 e. The summed E-state index contributed by atoms with van der Waals surface area (Å²) < 4.78 is 23.9. The van der Waals surface area contributed by atoms with Crippen LogP contribution in [0, 0.1) is 5.82 Å². The van der Waals surface area contributed by atoms with Crippen molar-refractivity contribution in [1.29, 1.82) is 0 Å². The predicted octanol–water partition coefficient (Wildman–Crippen LogP) is 4.39. The summed E-state index contributed by atoms with van der Waals surface area (Å²) in [6.07, 6.45) is 2.61. The van der Waals surface area contributed by atoms with Gasteiger partial charge in [0.1, 0.15) is 17.3 Å². The maximum atomic E-state index is 13.7. The first-order valence-corrected chi connectivity index (χ1v) is 6.83. The molecule has 0 spiro atoms. The molecule has 3 nitrogen and oxygen atoms in total. The zero-order chi connectivity index (χ0) is 16.1. The van der Waals surface area contributed by atoms with Crippen molar-refractivity contribution in [2.45, 2.75) is 0 Å². The summed E-state index contributed by atoms with van der Waals surface area (Å²) in [7, 11) is 2.99. The normalized spacial score (nSPS) is 10.7. The highest BCUT2D eigenvalue weighted by atomic mass is 35.5. The second-order valence-electron chi connectivity index (χ2n) is 4.40. The highest BCUT2D eigenvalue weighted by Gasteiger charge is 2.11. The molecule has 0 aliphatic heterocycles. The largest absolute Gasteiger partial charge is 0.497 e. The number of rotatable bonds is 5. The number of benzene rings is 2. The van der Waals surface area contributed by atoms with Crippen LogP contribution in [0.5, 0.6) is 11.5 Å². The van der Waals surface area contributed by atoms with Crippen molar-refractivity contribution in [1.82, 2.24) is 0 Å². The lowest BCUT2D eigenvalue weighted by Crippen LogP contribution is -1.99. The number of ketones is 1. The number of allylic oxidation sites excluding steroid dienone is 1. The van der Waals surface area contributed by atoms with E-state index in [0.29, 0.717) is 17.1 Å². The lowest BCUT2D eigenvalue weighted by molar-refractivity contribution is 0.104. The maximum absolute atomic E-state index is 13.7. The van der Waals surface area contributed by atoms with Gasteiger partial charge in [0, 0.05) is 11.6 Å². The molecular weight excluding hydrogens is 307 g/mol. The lowest BCUT2D eigenvalue weighted by Gasteiger charge is -2.08. The third-order valence-electron chi connectivity index (χ3n) is 3.08. The third kappa shape index (κ3) is 3.46. The Morgan fingerprint density at radius 1 is 1.18 bits per heavy atom. The van der Waals surface area contributed by atoms with Crippen LogP contribution in [0.25, 0.3) is 6.08 Å². The van der Waals surface area contributed by atoms with Gasteiger partial charge in [-0.1, -0.05) is 17.7 Å². The highest BCUT2D eigenvalue weighted by Crippen LogP contribution is 2.26. The van der Waals surface area contributed by atoms with Gasteiger partial charge < -0.3 is 9.47 Å². The van der Waals surface area contributed by atoms with Gasteiger partial charge in [0.15, 0.2) is 5.78 Å². The smallest absolute Gasteiger partial charge is 0.189 e. The van der Waals surface area contributed by atoms with E-state index in [2.05, 4.69) is 0 Å². The number of methoxy groups -OCH3 is 2. The minimum absolute atomic E-state index is 0.171. The van der Waals surface area contributed by atoms with Crippen molar-refractivity contribution in [3.8, 4) is 11.5 Å². The van der Waals surface area contributed by atoms with Gasteiger partial charge in [-0.25, -0.2) is 4.39 Å². The van der Waals surface area contributed by atoms with E-state index in [4.69, 9.17) is 21.1 Å². The van der Waals surface area contributed by atoms with Crippen LogP contribution in [0.2, 0.25) is 5.02 Å². The van der Waals surface area contributed by atoms with E-state index in [9.17, 15) is 9.18 Å². The van der Waals surface area contributed by atoms with Crippen LogP contribution in [-0.2, 0) is 0 Å². The SMILES string of the molecule is COc1ccc(C(=O)/C=C/c2c(F)cccc2Cl)c(OC)c1. The first-order chi connectivity index (χ1) is 10.6. The Labute approximate surface area is 132 Å². The first-order valence-electron chi connectivity index (χ1n) is 6.45. The fourth-order valence-electron chi connectivity index (χ4n) is 1.92. The second kappa shape index (κ2) is 7.09. The molecule has 0 bridgehead atoms. The molecule has 0 N–H and O–H groups in total. The number of ether oxygens (including phenoxy) is 2. The quantitative estimate of drug-likeness (QED) is 0.605. The van der Waals surface area contributed by atoms with Crippen molar-refractivity contribution in [2.75, 3.05) is 14.2 Å². The molecule has 2 aromatic rings. The van der Waals surface area contributed by atoms with Gasteiger partial charge in [0.25, 0.3) is 0 Å². The standard InChI is InChI=1S/C17H14ClFO3/c1-21-11-6-7-13(17(10-11)22-2)16(20)9-8-12-14(18)4-3-5-15(12)19/h3-10H,1-2H3/b9-8+. The molecule has 0 heterocycles. The van der Waals surface area contributed by atoms with E-state index in [1.807, 2.05) is 0 Å². The summed E-state index contributed by atoms with van der Waals surface area (Å²) in [4.78, 5) is 12.2. The number of carbonyl (C=O) groups is 1. The summed E-state index contributed by atoms with van der Waals surface area (Å²) in [6.45, 7) is 0. The van der Waals surface area contributed by atoms with E-state index >= 15 is 0 Å². The monoisotopic (exact) mass is 320 g/mol. The summed E-state index contributed by atoms with van der Waals surface area (Å²) in [5, 5.41) is 0.241. The molecule has 0 unspecified atom stereocenters. The lowest BCUT2D eigenvalue weighted by atomic mass is 10.1. The highest BCUT2D eigenvalue weighted by molar-refractivity contribution is 6.32. The zero-order valence-corrected chi connectivity index (χ0v) is 12.9. The Balaban J connectivity index is 2.31. The van der Waals surface area contributed by atoms with Gasteiger partial charge in [-0.3, -0.25) is 4.79 Å². The molecule has 0 aliphatic rings. The second-order valence-corrected chi connectivity index (χ2v) is 4.81. The molecule has 114 valence electrons. The van der Waals surface area contributed by atoms with Crippen LogP contribution in [0.3, 0.4) is 0 Å². The maximum Gasteiger partial charge on any atom is 0.189 e. The Bertz CT molecular complexity index is 706. The number of halogens is 2. The van der Waals surface area contributed by atoms with E-state index < -0.39 is 5.82 Å². The Kier molecular flexibility index (Phi) is 5.17. The minimum atomic E-state index is -0.488. The van der Waals surface area contributed by atoms with E-state index in [1.54, 1.807) is 24.3 Å². The van der Waals surface area contributed by atoms with Crippen molar-refractivity contribution in [3.05, 3.63) is 64.4 Å². The van der Waals surface area contributed by atoms with Crippen LogP contribution >= 0.6 is 11.6 Å². The molecule has 0 aromatic heterocycles. The molecular formula is C17H14ClFO3. The fourth-order valence-corrected chi connectivity index (χ4v) is 2.15. The fraction of sp³-hybridized carbons (Fsp3) is 0.118. The number of hydrogen-bond acceptors (Lipinski definition) is 3. The molecule has 2 aromatic carbocycles. The van der Waals surface area contributed by atoms with Gasteiger partial charge in [-0.15, -0.1) is 0 Å². The van der Waals surface area contributed by atoms with Gasteiger partial charge in [-0.05, 0) is 36.4 Å². The molecule has 0 amide bonds. The Morgan fingerprint density at radius 3 is 2.59 bits per heavy atom. The molecule has 0 saturated carbocycles. The van der Waals surface area contributed by atoms with Gasteiger partial charge in [0.2, 0.25) is 0 Å². The van der Waals surface area contributed by atoms with Crippen LogP contribution in [0.1, 0.15) is 15.9 Å². The summed E-state index contributed by atoms with van der Waals surface area (Å²) in [5.41, 5.74) is 0.525. The molecule has 0 atom stereocenters. The molecule has 0 radical (unpaired) electrons. The van der Waals surface area contributed by atoms with E-state index in [-0.39, 0.29) is 16.4 Å². The van der Waals surface area contributed by atoms with Gasteiger partial charge >= 0.3 is 0 Å². The van der Waals surface area contributed by atoms with E-state index in [1.165, 1.54) is 38.5 Å². The van der Waals surface area contributed by atoms with Crippen LogP contribution < -0.4 is 9.47 Å². The third-order valence-corrected chi connectivity index (χ3v) is 3.40. The molecule has 0 fully saturated rings. The molecule has 0 saturated heterocycles. The van der Waals surface area contributed by atoms with Gasteiger partial charge in [-0.2, -0.15) is 0 Å². The molecule has 5 heteroatoms. The summed E-state index contributed by atoms with van der Waals surface area (Å²) >= 11 is 5.91. The van der Waals surface area contributed by atoms with E-state index in [0.717, 1.165) is 0 Å². The predicted molar refractivity (Wildman–Crippen MR) is 84.3 cm³/mol. The number of hydrogen-bond donors (Lipinski definition) is 0. The summed E-state index contributed by atoms with van der Waals surface area (Å²) in [5.74, 6) is 0.153. The molecule has 22 heavy (non-hydrogen) atoms.